The highest BCUT2D eigenvalue weighted by molar-refractivity contribution is 5.82. The summed E-state index contributed by atoms with van der Waals surface area (Å²) in [6.07, 6.45) is 1.17. The number of carbonyl (C=O) groups is 1. The van der Waals surface area contributed by atoms with E-state index >= 15 is 0 Å². The Balaban J connectivity index is 1.26. The second kappa shape index (κ2) is 8.14. The molecule has 166 valence electrons. The van der Waals surface area contributed by atoms with Crippen molar-refractivity contribution < 1.29 is 14.3 Å². The molecule has 32 heavy (non-hydrogen) atoms. The molecule has 0 bridgehead atoms. The van der Waals surface area contributed by atoms with Gasteiger partial charge < -0.3 is 19.3 Å². The molecule has 2 aromatic heterocycles. The molecule has 1 amide bonds. The van der Waals surface area contributed by atoms with Crippen LogP contribution in [0, 0.1) is 20.8 Å². The number of imidazole rings is 1. The number of hydrogen-bond acceptors (Lipinski definition) is 7. The van der Waals surface area contributed by atoms with Crippen LogP contribution in [0.3, 0.4) is 0 Å². The van der Waals surface area contributed by atoms with Crippen molar-refractivity contribution >= 4 is 11.7 Å². The summed E-state index contributed by atoms with van der Waals surface area (Å²) < 4.78 is 13.6. The van der Waals surface area contributed by atoms with Gasteiger partial charge in [0, 0.05) is 37.9 Å². The fourth-order valence-corrected chi connectivity index (χ4v) is 4.05. The molecule has 0 saturated carbocycles. The average Bonchev–Trinajstić information content (AvgIpc) is 3.16. The van der Waals surface area contributed by atoms with Crippen molar-refractivity contribution in [2.75, 3.05) is 37.7 Å². The quantitative estimate of drug-likeness (QED) is 0.624. The molecule has 0 N–H and O–H groups in total. The molecule has 9 heteroatoms. The van der Waals surface area contributed by atoms with Crippen LogP contribution in [0.5, 0.6) is 11.5 Å². The van der Waals surface area contributed by atoms with Crippen LogP contribution in [0.15, 0.2) is 36.7 Å². The third-order valence-corrected chi connectivity index (χ3v) is 6.01. The number of hydrogen-bond donors (Lipinski definition) is 0. The molecule has 2 aliphatic heterocycles. The zero-order chi connectivity index (χ0) is 22.2. The number of aryl methyl sites for hydroxylation is 2. The Bertz CT molecular complexity index is 1150. The van der Waals surface area contributed by atoms with E-state index in [9.17, 15) is 4.79 Å². The Morgan fingerprint density at radius 2 is 1.72 bits per heavy atom. The first-order chi connectivity index (χ1) is 15.5. The van der Waals surface area contributed by atoms with E-state index in [1.165, 1.54) is 0 Å². The molecule has 4 heterocycles. The molecule has 0 aliphatic carbocycles. The zero-order valence-corrected chi connectivity index (χ0v) is 18.5. The summed E-state index contributed by atoms with van der Waals surface area (Å²) in [4.78, 5) is 30.6. The number of fused-ring (bicyclic) bond motifs is 1. The molecule has 9 nitrogen and oxygen atoms in total. The summed E-state index contributed by atoms with van der Waals surface area (Å²) in [5.74, 6) is 3.62. The highest BCUT2D eigenvalue weighted by Gasteiger charge is 2.33. The first-order valence-electron chi connectivity index (χ1n) is 10.8. The Morgan fingerprint density at radius 1 is 1.00 bits per heavy atom. The van der Waals surface area contributed by atoms with Gasteiger partial charge in [0.05, 0.1) is 5.69 Å². The third-order valence-electron chi connectivity index (χ3n) is 6.01. The van der Waals surface area contributed by atoms with Crippen molar-refractivity contribution in [3.8, 4) is 17.3 Å². The van der Waals surface area contributed by atoms with Crippen LogP contribution < -0.4 is 14.4 Å². The maximum absolute atomic E-state index is 13.0. The lowest BCUT2D eigenvalue weighted by molar-refractivity contribution is -0.141. The average molecular weight is 435 g/mol. The maximum Gasteiger partial charge on any atom is 0.267 e. The first kappa shape index (κ1) is 20.3. The van der Waals surface area contributed by atoms with Gasteiger partial charge in [-0.2, -0.15) is 0 Å². The molecular formula is C23H26N6O3. The Morgan fingerprint density at radius 3 is 2.44 bits per heavy atom. The number of nitrogens with zero attached hydrogens (tertiary/aromatic N) is 6. The number of carbonyl (C=O) groups excluding carboxylic acids is 1. The first-order valence-corrected chi connectivity index (χ1v) is 10.8. The van der Waals surface area contributed by atoms with Gasteiger partial charge >= 0.3 is 0 Å². The molecular weight excluding hydrogens is 408 g/mol. The summed E-state index contributed by atoms with van der Waals surface area (Å²) >= 11 is 0. The van der Waals surface area contributed by atoms with E-state index in [0.717, 1.165) is 23.0 Å². The van der Waals surface area contributed by atoms with E-state index < -0.39 is 6.10 Å². The summed E-state index contributed by atoms with van der Waals surface area (Å²) in [5.41, 5.74) is 2.03. The fourth-order valence-electron chi connectivity index (χ4n) is 4.05. The monoisotopic (exact) mass is 434 g/mol. The van der Waals surface area contributed by atoms with Crippen LogP contribution >= 0.6 is 0 Å². The number of aromatic nitrogens is 4. The molecule has 3 aromatic rings. The number of anilines is 1. The van der Waals surface area contributed by atoms with Crippen LogP contribution in [0.25, 0.3) is 5.82 Å². The molecule has 0 spiro atoms. The van der Waals surface area contributed by atoms with E-state index in [2.05, 4.69) is 19.9 Å². The Kier molecular flexibility index (Phi) is 5.16. The van der Waals surface area contributed by atoms with Gasteiger partial charge in [0.2, 0.25) is 6.10 Å². The minimum absolute atomic E-state index is 0.0387. The van der Waals surface area contributed by atoms with Crippen molar-refractivity contribution in [3.63, 3.8) is 0 Å². The zero-order valence-electron chi connectivity index (χ0n) is 18.5. The molecule has 1 atom stereocenters. The maximum atomic E-state index is 13.0. The van der Waals surface area contributed by atoms with E-state index in [1.54, 1.807) is 6.33 Å². The smallest absolute Gasteiger partial charge is 0.267 e. The summed E-state index contributed by atoms with van der Waals surface area (Å²) in [5, 5.41) is 0. The van der Waals surface area contributed by atoms with Crippen LogP contribution in [0.4, 0.5) is 5.82 Å². The Labute approximate surface area is 186 Å². The lowest BCUT2D eigenvalue weighted by Crippen LogP contribution is -2.54. The number of rotatable bonds is 3. The van der Waals surface area contributed by atoms with Crippen molar-refractivity contribution in [2.24, 2.45) is 0 Å². The van der Waals surface area contributed by atoms with Gasteiger partial charge in [0.25, 0.3) is 5.91 Å². The lowest BCUT2D eigenvalue weighted by Gasteiger charge is -2.37. The second-order valence-electron chi connectivity index (χ2n) is 8.09. The molecule has 1 unspecified atom stereocenters. The van der Waals surface area contributed by atoms with Crippen LogP contribution in [-0.4, -0.2) is 69.2 Å². The molecule has 1 saturated heterocycles. The van der Waals surface area contributed by atoms with Crippen molar-refractivity contribution in [3.05, 3.63) is 53.9 Å². The molecule has 2 aliphatic rings. The van der Waals surface area contributed by atoms with Crippen LogP contribution in [0.1, 0.15) is 17.2 Å². The number of para-hydroxylation sites is 2. The van der Waals surface area contributed by atoms with E-state index in [1.807, 2.05) is 60.6 Å². The van der Waals surface area contributed by atoms with Crippen molar-refractivity contribution in [1.82, 2.24) is 24.4 Å². The van der Waals surface area contributed by atoms with Gasteiger partial charge in [0.1, 0.15) is 30.4 Å². The van der Waals surface area contributed by atoms with E-state index in [0.29, 0.717) is 43.5 Å². The molecule has 1 fully saturated rings. The number of ether oxygens (including phenoxy) is 2. The standard InChI is InChI=1S/C23H26N6O3/c1-15-16(2)29(14-24-15)22-12-21(25-17(3)26-22)27-8-10-28(11-9-27)23(30)20-13-31-18-6-4-5-7-19(18)32-20/h4-7,12,14,20H,8-11,13H2,1-3H3. The fraction of sp³-hybridized carbons (Fsp3) is 0.391. The highest BCUT2D eigenvalue weighted by Crippen LogP contribution is 2.31. The Hall–Kier alpha value is -3.62. The van der Waals surface area contributed by atoms with Crippen molar-refractivity contribution in [2.45, 2.75) is 26.9 Å². The van der Waals surface area contributed by atoms with E-state index in [-0.39, 0.29) is 12.5 Å². The van der Waals surface area contributed by atoms with Crippen LogP contribution in [0.2, 0.25) is 0 Å². The van der Waals surface area contributed by atoms with Crippen LogP contribution in [-0.2, 0) is 4.79 Å². The summed E-state index contributed by atoms with van der Waals surface area (Å²) in [7, 11) is 0. The lowest BCUT2D eigenvalue weighted by atomic mass is 10.2. The predicted molar refractivity (Wildman–Crippen MR) is 119 cm³/mol. The third kappa shape index (κ3) is 3.74. The molecule has 0 radical (unpaired) electrons. The number of amides is 1. The topological polar surface area (TPSA) is 85.6 Å². The van der Waals surface area contributed by atoms with Gasteiger partial charge in [-0.1, -0.05) is 12.1 Å². The van der Waals surface area contributed by atoms with Crippen molar-refractivity contribution in [1.29, 1.82) is 0 Å². The highest BCUT2D eigenvalue weighted by atomic mass is 16.6. The normalized spacial score (nSPS) is 18.0. The minimum Gasteiger partial charge on any atom is -0.485 e. The SMILES string of the molecule is Cc1nc(N2CCN(C(=O)C3COc4ccccc4O3)CC2)cc(-n2cnc(C)c2C)n1. The molecule has 1 aromatic carbocycles. The largest absolute Gasteiger partial charge is 0.485 e. The van der Waals surface area contributed by atoms with Gasteiger partial charge in [0.15, 0.2) is 11.5 Å². The second-order valence-corrected chi connectivity index (χ2v) is 8.09. The summed E-state index contributed by atoms with van der Waals surface area (Å²) in [6.45, 7) is 8.71. The van der Waals surface area contributed by atoms with Gasteiger partial charge in [-0.3, -0.25) is 9.36 Å². The van der Waals surface area contributed by atoms with Gasteiger partial charge in [-0.15, -0.1) is 0 Å². The predicted octanol–water partition coefficient (Wildman–Crippen LogP) is 2.08. The van der Waals surface area contributed by atoms with Gasteiger partial charge in [-0.05, 0) is 32.9 Å². The van der Waals surface area contributed by atoms with Gasteiger partial charge in [-0.25, -0.2) is 15.0 Å². The van der Waals surface area contributed by atoms with E-state index in [4.69, 9.17) is 9.47 Å². The summed E-state index contributed by atoms with van der Waals surface area (Å²) in [6, 6.07) is 9.41. The minimum atomic E-state index is -0.614. The number of benzene rings is 1. The molecule has 5 rings (SSSR count). The number of piperazine rings is 1.